The third-order valence-electron chi connectivity index (χ3n) is 10.6. The number of rotatable bonds is 10. The molecule has 2 aromatic carbocycles. The van der Waals surface area contributed by atoms with Crippen LogP contribution in [0.25, 0.3) is 0 Å². The van der Waals surface area contributed by atoms with Gasteiger partial charge in [0.1, 0.15) is 17.4 Å². The molecule has 1 aliphatic carbocycles. The molecule has 7 atom stereocenters. The molecule has 6 rings (SSSR count). The molecule has 1 spiro atoms. The van der Waals surface area contributed by atoms with Crippen molar-refractivity contribution in [2.24, 2.45) is 17.8 Å². The number of carbonyl (C=O) groups excluding carboxylic acids is 3. The molecule has 3 amide bonds. The number of ether oxygens (including phenoxy) is 2. The van der Waals surface area contributed by atoms with Gasteiger partial charge in [-0.15, -0.1) is 0 Å². The highest BCUT2D eigenvalue weighted by molar-refractivity contribution is 6.02. The van der Waals surface area contributed by atoms with E-state index in [1.165, 1.54) is 0 Å². The first-order valence-electron chi connectivity index (χ1n) is 16.2. The van der Waals surface area contributed by atoms with E-state index in [1.807, 2.05) is 51.1 Å². The van der Waals surface area contributed by atoms with Gasteiger partial charge in [0.25, 0.3) is 0 Å². The Morgan fingerprint density at radius 1 is 1.07 bits per heavy atom. The Kier molecular flexibility index (Phi) is 8.46. The lowest BCUT2D eigenvalue weighted by molar-refractivity contribution is -0.150. The Labute approximate surface area is 259 Å². The Bertz CT molecular complexity index is 1360. The van der Waals surface area contributed by atoms with E-state index in [2.05, 4.69) is 10.6 Å². The highest BCUT2D eigenvalue weighted by atomic mass is 16.5. The summed E-state index contributed by atoms with van der Waals surface area (Å²) in [7, 11) is 0. The molecule has 9 nitrogen and oxygen atoms in total. The fraction of sp³-hybridized carbons (Fsp3) is 0.571. The summed E-state index contributed by atoms with van der Waals surface area (Å²) in [4.78, 5) is 44.7. The second kappa shape index (κ2) is 12.2. The zero-order valence-electron chi connectivity index (χ0n) is 26.0. The van der Waals surface area contributed by atoms with Crippen molar-refractivity contribution in [3.05, 3.63) is 60.2 Å². The fourth-order valence-electron chi connectivity index (χ4n) is 8.45. The number of aliphatic hydroxyl groups is 1. The van der Waals surface area contributed by atoms with Gasteiger partial charge < -0.3 is 30.1 Å². The van der Waals surface area contributed by atoms with Crippen molar-refractivity contribution < 1.29 is 29.0 Å². The van der Waals surface area contributed by atoms with Crippen LogP contribution in [-0.4, -0.2) is 70.3 Å². The molecular weight excluding hydrogens is 558 g/mol. The summed E-state index contributed by atoms with van der Waals surface area (Å²) < 4.78 is 12.4. The first-order valence-corrected chi connectivity index (χ1v) is 16.2. The van der Waals surface area contributed by atoms with Crippen molar-refractivity contribution >= 4 is 23.4 Å². The lowest BCUT2D eigenvalue weighted by Crippen LogP contribution is -2.59. The second-order valence-electron chi connectivity index (χ2n) is 13.3. The molecule has 2 aromatic rings. The van der Waals surface area contributed by atoms with Crippen molar-refractivity contribution in [1.82, 2.24) is 10.2 Å². The number of hydrogen-bond donors (Lipinski definition) is 3. The summed E-state index contributed by atoms with van der Waals surface area (Å²) in [6, 6.07) is 15.3. The van der Waals surface area contributed by atoms with Gasteiger partial charge in [-0.3, -0.25) is 14.4 Å². The van der Waals surface area contributed by atoms with Gasteiger partial charge in [-0.1, -0.05) is 56.5 Å². The summed E-state index contributed by atoms with van der Waals surface area (Å²) >= 11 is 0. The molecule has 236 valence electrons. The Balaban J connectivity index is 1.36. The van der Waals surface area contributed by atoms with Crippen LogP contribution in [-0.2, 0) is 25.5 Å². The van der Waals surface area contributed by atoms with Crippen molar-refractivity contribution in [2.45, 2.75) is 95.0 Å². The van der Waals surface area contributed by atoms with Crippen molar-refractivity contribution in [2.75, 3.05) is 18.5 Å². The van der Waals surface area contributed by atoms with E-state index >= 15 is 0 Å². The number of carbonyl (C=O) groups is 3. The number of fused-ring (bicyclic) bond motifs is 1. The third kappa shape index (κ3) is 5.17. The van der Waals surface area contributed by atoms with Crippen LogP contribution in [0.2, 0.25) is 0 Å². The maximum atomic E-state index is 14.7. The lowest BCUT2D eigenvalue weighted by Gasteiger charge is -2.38. The number of nitrogens with one attached hydrogen (secondary N) is 2. The number of likely N-dealkylation sites (tertiary alicyclic amines) is 1. The number of benzene rings is 2. The summed E-state index contributed by atoms with van der Waals surface area (Å²) in [5, 5.41) is 17.0. The van der Waals surface area contributed by atoms with Gasteiger partial charge in [0.05, 0.1) is 36.7 Å². The maximum absolute atomic E-state index is 14.7. The molecule has 3 saturated heterocycles. The largest absolute Gasteiger partial charge is 0.494 e. The Hall–Kier alpha value is -3.43. The average Bonchev–Trinajstić information content (AvgIpc) is 3.54. The minimum atomic E-state index is -1.17. The second-order valence-corrected chi connectivity index (χ2v) is 13.3. The highest BCUT2D eigenvalue weighted by Crippen LogP contribution is 2.65. The third-order valence-corrected chi connectivity index (χ3v) is 10.6. The van der Waals surface area contributed by atoms with Gasteiger partial charge in [-0.25, -0.2) is 0 Å². The minimum Gasteiger partial charge on any atom is -0.494 e. The van der Waals surface area contributed by atoms with E-state index in [9.17, 15) is 19.5 Å². The molecule has 44 heavy (non-hydrogen) atoms. The SMILES string of the molecule is CCOc1ccc(NC(=O)[C@H]2[C@H]3C(=O)N([C@@H](CO)Cc4ccccc4)C(C(=O)NC4CCCCC4)C34CC(C)[C@]2(C)O4)cc1. The van der Waals surface area contributed by atoms with E-state index in [-0.39, 0.29) is 36.3 Å². The van der Waals surface area contributed by atoms with Crippen LogP contribution < -0.4 is 15.4 Å². The molecule has 4 fully saturated rings. The number of aliphatic hydroxyl groups excluding tert-OH is 1. The molecule has 1 saturated carbocycles. The summed E-state index contributed by atoms with van der Waals surface area (Å²) in [5.41, 5.74) is -0.554. The van der Waals surface area contributed by atoms with Crippen molar-refractivity contribution in [3.8, 4) is 5.75 Å². The summed E-state index contributed by atoms with van der Waals surface area (Å²) in [5.74, 6) is -1.88. The lowest BCUT2D eigenvalue weighted by atomic mass is 9.62. The van der Waals surface area contributed by atoms with Crippen LogP contribution in [0, 0.1) is 17.8 Å². The smallest absolute Gasteiger partial charge is 0.246 e. The van der Waals surface area contributed by atoms with Gasteiger partial charge in [-0.2, -0.15) is 0 Å². The first-order chi connectivity index (χ1) is 21.2. The van der Waals surface area contributed by atoms with Crippen LogP contribution in [0.3, 0.4) is 0 Å². The standard InChI is InChI=1S/C35H45N3O6/c1-4-43-27-17-15-25(16-18-27)36-31(40)28-29-33(42)38(26(21-39)19-23-11-7-5-8-12-23)30(32(41)37-24-13-9-6-10-14-24)35(29)20-22(2)34(28,3)44-35/h5,7-8,11-12,15-18,22,24,26,28-30,39H,4,6,9-10,13-14,19-21H2,1-3H3,(H,36,40)(H,37,41)/t22?,26-,28-,29+,30?,34+,35?/m1/s1. The van der Waals surface area contributed by atoms with E-state index in [0.717, 1.165) is 37.7 Å². The van der Waals surface area contributed by atoms with Crippen LogP contribution >= 0.6 is 0 Å². The highest BCUT2D eigenvalue weighted by Gasteiger charge is 2.80. The van der Waals surface area contributed by atoms with Gasteiger partial charge >= 0.3 is 0 Å². The number of hydrogen-bond acceptors (Lipinski definition) is 6. The number of anilines is 1. The maximum Gasteiger partial charge on any atom is 0.246 e. The molecule has 2 bridgehead atoms. The normalized spacial score (nSPS) is 31.9. The van der Waals surface area contributed by atoms with Crippen LogP contribution in [0.1, 0.15) is 64.9 Å². The van der Waals surface area contributed by atoms with E-state index in [1.54, 1.807) is 29.2 Å². The van der Waals surface area contributed by atoms with Gasteiger partial charge in [0.15, 0.2) is 0 Å². The zero-order valence-corrected chi connectivity index (χ0v) is 26.0. The van der Waals surface area contributed by atoms with Crippen LogP contribution in [0.15, 0.2) is 54.6 Å². The molecule has 3 N–H and O–H groups in total. The predicted octanol–water partition coefficient (Wildman–Crippen LogP) is 4.09. The van der Waals surface area contributed by atoms with E-state index in [4.69, 9.17) is 9.47 Å². The van der Waals surface area contributed by atoms with Crippen LogP contribution in [0.5, 0.6) is 5.75 Å². The van der Waals surface area contributed by atoms with Gasteiger partial charge in [-0.05, 0) is 75.3 Å². The quantitative estimate of drug-likeness (QED) is 0.377. The Morgan fingerprint density at radius 3 is 2.43 bits per heavy atom. The molecule has 3 unspecified atom stereocenters. The molecule has 0 radical (unpaired) electrons. The van der Waals surface area contributed by atoms with Gasteiger partial charge in [0.2, 0.25) is 17.7 Å². The predicted molar refractivity (Wildman–Crippen MR) is 166 cm³/mol. The van der Waals surface area contributed by atoms with Crippen molar-refractivity contribution in [1.29, 1.82) is 0 Å². The molecule has 4 aliphatic rings. The number of nitrogens with zero attached hydrogens (tertiary/aromatic N) is 1. The Morgan fingerprint density at radius 2 is 1.77 bits per heavy atom. The first kappa shape index (κ1) is 30.6. The fourth-order valence-corrected chi connectivity index (χ4v) is 8.45. The van der Waals surface area contributed by atoms with Gasteiger partial charge in [0, 0.05) is 11.7 Å². The molecule has 3 heterocycles. The molecule has 9 heteroatoms. The van der Waals surface area contributed by atoms with E-state index < -0.39 is 35.1 Å². The number of amides is 3. The summed E-state index contributed by atoms with van der Waals surface area (Å²) in [6.07, 6.45) is 5.93. The van der Waals surface area contributed by atoms with E-state index in [0.29, 0.717) is 30.9 Å². The van der Waals surface area contributed by atoms with Crippen LogP contribution in [0.4, 0.5) is 5.69 Å². The topological polar surface area (TPSA) is 117 Å². The molecular formula is C35H45N3O6. The summed E-state index contributed by atoms with van der Waals surface area (Å²) in [6.45, 7) is 6.09. The monoisotopic (exact) mass is 603 g/mol. The van der Waals surface area contributed by atoms with Crippen molar-refractivity contribution in [3.63, 3.8) is 0 Å². The molecule has 3 aliphatic heterocycles. The zero-order chi connectivity index (χ0) is 31.1. The minimum absolute atomic E-state index is 0.0377. The average molecular weight is 604 g/mol. The molecule has 0 aromatic heterocycles.